The molecule has 114 valence electrons. The zero-order valence-electron chi connectivity index (χ0n) is 11.5. The van der Waals surface area contributed by atoms with E-state index in [9.17, 15) is 13.6 Å². The van der Waals surface area contributed by atoms with Crippen LogP contribution in [0.15, 0.2) is 53.4 Å². The molecule has 1 aliphatic rings. The average molecular weight is 321 g/mol. The Balaban J connectivity index is 1.61. The molecule has 1 N–H and O–H groups in total. The Morgan fingerprint density at radius 2 is 1.91 bits per heavy atom. The van der Waals surface area contributed by atoms with Crippen molar-refractivity contribution in [3.63, 3.8) is 0 Å². The summed E-state index contributed by atoms with van der Waals surface area (Å²) >= 11 is 0.472. The van der Waals surface area contributed by atoms with Gasteiger partial charge in [0, 0.05) is 17.0 Å². The second kappa shape index (κ2) is 6.36. The van der Waals surface area contributed by atoms with Gasteiger partial charge in [0.25, 0.3) is 11.7 Å². The summed E-state index contributed by atoms with van der Waals surface area (Å²) in [6.45, 7) is 0. The Hall–Kier alpha value is -2.08. The number of carbonyl (C=O) groups is 1. The van der Waals surface area contributed by atoms with E-state index in [2.05, 4.69) is 5.32 Å². The van der Waals surface area contributed by atoms with Gasteiger partial charge in [-0.25, -0.2) is 0 Å². The van der Waals surface area contributed by atoms with Crippen molar-refractivity contribution in [2.75, 3.05) is 5.32 Å². The molecule has 1 aliphatic heterocycles. The zero-order valence-corrected chi connectivity index (χ0v) is 12.3. The zero-order chi connectivity index (χ0) is 15.5. The van der Waals surface area contributed by atoms with E-state index in [4.69, 9.17) is 4.74 Å². The number of benzene rings is 2. The van der Waals surface area contributed by atoms with Gasteiger partial charge in [-0.2, -0.15) is 8.78 Å². The Kier molecular flexibility index (Phi) is 4.29. The summed E-state index contributed by atoms with van der Waals surface area (Å²) in [6, 6.07) is 13.8. The first kappa shape index (κ1) is 14.8. The number of amides is 1. The summed E-state index contributed by atoms with van der Waals surface area (Å²) in [7, 11) is 0. The maximum Gasteiger partial charge on any atom is 0.288 e. The van der Waals surface area contributed by atoms with Gasteiger partial charge in [-0.15, -0.1) is 0 Å². The van der Waals surface area contributed by atoms with Crippen LogP contribution in [0.25, 0.3) is 0 Å². The summed E-state index contributed by atoms with van der Waals surface area (Å²) < 4.78 is 30.1. The van der Waals surface area contributed by atoms with Crippen molar-refractivity contribution in [3.8, 4) is 5.75 Å². The third kappa shape index (κ3) is 3.39. The highest BCUT2D eigenvalue weighted by Crippen LogP contribution is 2.29. The maximum atomic E-state index is 12.2. The van der Waals surface area contributed by atoms with E-state index in [1.807, 2.05) is 24.3 Å². The number of rotatable bonds is 4. The van der Waals surface area contributed by atoms with E-state index in [1.54, 1.807) is 24.3 Å². The van der Waals surface area contributed by atoms with E-state index in [1.165, 1.54) is 0 Å². The third-order valence-electron chi connectivity index (χ3n) is 3.29. The minimum atomic E-state index is -2.45. The van der Waals surface area contributed by atoms with Crippen molar-refractivity contribution in [1.82, 2.24) is 0 Å². The molecule has 0 saturated carbocycles. The van der Waals surface area contributed by atoms with E-state index >= 15 is 0 Å². The van der Waals surface area contributed by atoms with Gasteiger partial charge in [0.2, 0.25) is 0 Å². The number of carbonyl (C=O) groups excluding carboxylic acids is 1. The number of ether oxygens (including phenoxy) is 1. The van der Waals surface area contributed by atoms with Gasteiger partial charge in [0.15, 0.2) is 6.10 Å². The fourth-order valence-corrected chi connectivity index (χ4v) is 2.77. The molecule has 0 unspecified atom stereocenters. The van der Waals surface area contributed by atoms with Crippen molar-refractivity contribution < 1.29 is 18.3 Å². The van der Waals surface area contributed by atoms with Gasteiger partial charge in [-0.05, 0) is 35.9 Å². The van der Waals surface area contributed by atoms with E-state index < -0.39 is 11.9 Å². The highest BCUT2D eigenvalue weighted by atomic mass is 32.2. The van der Waals surface area contributed by atoms with E-state index in [-0.39, 0.29) is 5.91 Å². The SMILES string of the molecule is O=C(Nc1ccc(SC(F)F)cc1)[C@@H]1Cc2ccccc2O1. The van der Waals surface area contributed by atoms with Gasteiger partial charge in [0.1, 0.15) is 5.75 Å². The Labute approximate surface area is 130 Å². The molecule has 0 fully saturated rings. The minimum absolute atomic E-state index is 0.245. The molecule has 3 nitrogen and oxygen atoms in total. The van der Waals surface area contributed by atoms with E-state index in [0.717, 1.165) is 11.3 Å². The second-order valence-corrected chi connectivity index (χ2v) is 5.87. The lowest BCUT2D eigenvalue weighted by Crippen LogP contribution is -2.31. The molecule has 22 heavy (non-hydrogen) atoms. The Morgan fingerprint density at radius 3 is 2.59 bits per heavy atom. The van der Waals surface area contributed by atoms with Gasteiger partial charge >= 0.3 is 0 Å². The molecule has 1 heterocycles. The molecule has 0 saturated heterocycles. The van der Waals surface area contributed by atoms with Crippen molar-refractivity contribution in [1.29, 1.82) is 0 Å². The van der Waals surface area contributed by atoms with Crippen molar-refractivity contribution in [2.45, 2.75) is 23.2 Å². The van der Waals surface area contributed by atoms with Crippen LogP contribution < -0.4 is 10.1 Å². The first-order valence-electron chi connectivity index (χ1n) is 6.72. The van der Waals surface area contributed by atoms with Crippen LogP contribution in [0.5, 0.6) is 5.75 Å². The molecule has 1 atom stereocenters. The van der Waals surface area contributed by atoms with Crippen LogP contribution in [0.2, 0.25) is 0 Å². The number of thioether (sulfide) groups is 1. The average Bonchev–Trinajstić information content (AvgIpc) is 2.93. The maximum absolute atomic E-state index is 12.2. The number of halogens is 2. The smallest absolute Gasteiger partial charge is 0.288 e. The number of nitrogens with one attached hydrogen (secondary N) is 1. The number of para-hydroxylation sites is 1. The molecule has 2 aromatic rings. The predicted octanol–water partition coefficient (Wildman–Crippen LogP) is 3.94. The normalized spacial score (nSPS) is 16.2. The number of hydrogen-bond donors (Lipinski definition) is 1. The lowest BCUT2D eigenvalue weighted by Gasteiger charge is -2.11. The Morgan fingerprint density at radius 1 is 1.18 bits per heavy atom. The highest BCUT2D eigenvalue weighted by Gasteiger charge is 2.28. The van der Waals surface area contributed by atoms with Gasteiger partial charge in [0.05, 0.1) is 0 Å². The number of hydrogen-bond acceptors (Lipinski definition) is 3. The minimum Gasteiger partial charge on any atom is -0.480 e. The summed E-state index contributed by atoms with van der Waals surface area (Å²) in [6.07, 6.45) is -0.0334. The van der Waals surface area contributed by atoms with Crippen molar-refractivity contribution >= 4 is 23.4 Å². The monoisotopic (exact) mass is 321 g/mol. The molecule has 0 spiro atoms. The molecule has 6 heteroatoms. The third-order valence-corrected chi connectivity index (χ3v) is 4.01. The molecular formula is C16H13F2NO2S. The van der Waals surface area contributed by atoms with Gasteiger partial charge < -0.3 is 10.1 Å². The molecule has 2 aromatic carbocycles. The lowest BCUT2D eigenvalue weighted by atomic mass is 10.1. The lowest BCUT2D eigenvalue weighted by molar-refractivity contribution is -0.122. The van der Waals surface area contributed by atoms with Crippen LogP contribution in [0.4, 0.5) is 14.5 Å². The van der Waals surface area contributed by atoms with Crippen LogP contribution in [0.3, 0.4) is 0 Å². The Bertz CT molecular complexity index is 651. The van der Waals surface area contributed by atoms with Gasteiger partial charge in [-0.1, -0.05) is 30.0 Å². The molecule has 3 rings (SSSR count). The summed E-state index contributed by atoms with van der Waals surface area (Å²) in [5.41, 5.74) is 1.56. The standard InChI is InChI=1S/C16H13F2NO2S/c17-16(18)22-12-7-5-11(6-8-12)19-15(20)14-9-10-3-1-2-4-13(10)21-14/h1-8,14,16H,9H2,(H,19,20)/t14-/m0/s1. The van der Waals surface area contributed by atoms with Crippen LogP contribution in [0, 0.1) is 0 Å². The second-order valence-electron chi connectivity index (χ2n) is 4.81. The number of anilines is 1. The first-order chi connectivity index (χ1) is 10.6. The highest BCUT2D eigenvalue weighted by molar-refractivity contribution is 7.99. The summed E-state index contributed by atoms with van der Waals surface area (Å²) in [5.74, 6) is -1.97. The largest absolute Gasteiger partial charge is 0.480 e. The fraction of sp³-hybridized carbons (Fsp3) is 0.188. The topological polar surface area (TPSA) is 38.3 Å². The van der Waals surface area contributed by atoms with Crippen LogP contribution in [-0.2, 0) is 11.2 Å². The summed E-state index contributed by atoms with van der Waals surface area (Å²) in [4.78, 5) is 12.6. The molecule has 1 amide bonds. The molecule has 0 aliphatic carbocycles. The molecular weight excluding hydrogens is 308 g/mol. The summed E-state index contributed by atoms with van der Waals surface area (Å²) in [5, 5.41) is 2.74. The predicted molar refractivity (Wildman–Crippen MR) is 81.5 cm³/mol. The molecule has 0 radical (unpaired) electrons. The van der Waals surface area contributed by atoms with E-state index in [0.29, 0.717) is 28.8 Å². The van der Waals surface area contributed by atoms with Gasteiger partial charge in [-0.3, -0.25) is 4.79 Å². The number of alkyl halides is 2. The van der Waals surface area contributed by atoms with Crippen LogP contribution in [-0.4, -0.2) is 17.8 Å². The van der Waals surface area contributed by atoms with Crippen LogP contribution in [0.1, 0.15) is 5.56 Å². The number of fused-ring (bicyclic) bond motifs is 1. The molecule has 0 aromatic heterocycles. The molecule has 0 bridgehead atoms. The van der Waals surface area contributed by atoms with Crippen LogP contribution >= 0.6 is 11.8 Å². The quantitative estimate of drug-likeness (QED) is 0.867. The first-order valence-corrected chi connectivity index (χ1v) is 7.60. The van der Waals surface area contributed by atoms with Crippen molar-refractivity contribution in [3.05, 3.63) is 54.1 Å². The fourth-order valence-electron chi connectivity index (χ4n) is 2.27. The van der Waals surface area contributed by atoms with Crippen molar-refractivity contribution in [2.24, 2.45) is 0 Å².